The molecule has 8 heteroatoms. The van der Waals surface area contributed by atoms with E-state index in [1.165, 1.54) is 30.2 Å². The number of nitro groups is 1. The highest BCUT2D eigenvalue weighted by Crippen LogP contribution is 2.28. The van der Waals surface area contributed by atoms with Crippen molar-refractivity contribution in [1.82, 2.24) is 4.90 Å². The van der Waals surface area contributed by atoms with Crippen molar-refractivity contribution < 1.29 is 24.4 Å². The fraction of sp³-hybridized carbons (Fsp3) is 0.385. The molecule has 112 valence electrons. The molecular weight excluding hydrogens is 280 g/mol. The van der Waals surface area contributed by atoms with Gasteiger partial charge in [-0.15, -0.1) is 0 Å². The maximum absolute atomic E-state index is 12.2. The zero-order chi connectivity index (χ0) is 15.6. The van der Waals surface area contributed by atoms with Crippen molar-refractivity contribution in [3.05, 3.63) is 33.9 Å². The maximum atomic E-state index is 12.2. The van der Waals surface area contributed by atoms with Gasteiger partial charge >= 0.3 is 5.97 Å². The first-order valence-electron chi connectivity index (χ1n) is 6.26. The largest absolute Gasteiger partial charge is 0.496 e. The summed E-state index contributed by atoms with van der Waals surface area (Å²) in [6.45, 7) is 0.733. The lowest BCUT2D eigenvalue weighted by molar-refractivity contribution is -0.384. The zero-order valence-electron chi connectivity index (χ0n) is 11.3. The van der Waals surface area contributed by atoms with Gasteiger partial charge in [-0.1, -0.05) is 0 Å². The predicted molar refractivity (Wildman–Crippen MR) is 71.3 cm³/mol. The van der Waals surface area contributed by atoms with Crippen LogP contribution >= 0.6 is 0 Å². The molecule has 21 heavy (non-hydrogen) atoms. The fourth-order valence-corrected chi connectivity index (χ4v) is 2.25. The molecule has 0 bridgehead atoms. The number of hydrogen-bond donors (Lipinski definition) is 1. The number of nitrogens with zero attached hydrogens (tertiary/aromatic N) is 2. The third kappa shape index (κ3) is 3.10. The molecular formula is C13H14N2O6. The third-order valence-corrected chi connectivity index (χ3v) is 3.33. The van der Waals surface area contributed by atoms with Gasteiger partial charge in [0.25, 0.3) is 11.6 Å². The minimum absolute atomic E-state index is 0.0289. The van der Waals surface area contributed by atoms with Crippen molar-refractivity contribution in [2.75, 3.05) is 20.2 Å². The number of rotatable bonds is 5. The summed E-state index contributed by atoms with van der Waals surface area (Å²) >= 11 is 0. The average molecular weight is 294 g/mol. The SMILES string of the molecule is COc1cc([N+](=O)[O-])ccc1C(=O)N1CC(CC(=O)O)C1. The highest BCUT2D eigenvalue weighted by atomic mass is 16.6. The molecule has 8 nitrogen and oxygen atoms in total. The van der Waals surface area contributed by atoms with Crippen LogP contribution < -0.4 is 4.74 Å². The van der Waals surface area contributed by atoms with E-state index in [1.807, 2.05) is 0 Å². The summed E-state index contributed by atoms with van der Waals surface area (Å²) < 4.78 is 5.02. The van der Waals surface area contributed by atoms with Crippen LogP contribution in [0.1, 0.15) is 16.8 Å². The molecule has 1 aromatic carbocycles. The minimum atomic E-state index is -0.889. The van der Waals surface area contributed by atoms with Gasteiger partial charge in [0.1, 0.15) is 5.75 Å². The normalized spacial score (nSPS) is 14.4. The number of aliphatic carboxylic acids is 1. The summed E-state index contributed by atoms with van der Waals surface area (Å²) in [7, 11) is 1.33. The number of non-ortho nitro benzene ring substituents is 1. The van der Waals surface area contributed by atoms with Gasteiger partial charge in [-0.2, -0.15) is 0 Å². The van der Waals surface area contributed by atoms with Crippen LogP contribution in [0.2, 0.25) is 0 Å². The number of ether oxygens (including phenoxy) is 1. The second-order valence-electron chi connectivity index (χ2n) is 4.82. The van der Waals surface area contributed by atoms with Crippen molar-refractivity contribution in [1.29, 1.82) is 0 Å². The Labute approximate surface area is 120 Å². The van der Waals surface area contributed by atoms with E-state index in [1.54, 1.807) is 0 Å². The quantitative estimate of drug-likeness (QED) is 0.644. The van der Waals surface area contributed by atoms with E-state index < -0.39 is 10.9 Å². The first kappa shape index (κ1) is 14.8. The number of carbonyl (C=O) groups excluding carboxylic acids is 1. The van der Waals surface area contributed by atoms with Gasteiger partial charge in [0.05, 0.1) is 30.1 Å². The molecule has 0 aliphatic carbocycles. The summed E-state index contributed by atoms with van der Waals surface area (Å²) in [6.07, 6.45) is 0.0289. The number of benzene rings is 1. The number of carboxylic acids is 1. The van der Waals surface area contributed by atoms with Crippen molar-refractivity contribution >= 4 is 17.6 Å². The molecule has 1 amide bonds. The molecule has 0 saturated carbocycles. The monoisotopic (exact) mass is 294 g/mol. The topological polar surface area (TPSA) is 110 Å². The smallest absolute Gasteiger partial charge is 0.303 e. The summed E-state index contributed by atoms with van der Waals surface area (Å²) in [6, 6.07) is 3.79. The van der Waals surface area contributed by atoms with Gasteiger partial charge in [0.15, 0.2) is 0 Å². The van der Waals surface area contributed by atoms with Gasteiger partial charge in [-0.25, -0.2) is 0 Å². The van der Waals surface area contributed by atoms with Gasteiger partial charge < -0.3 is 14.7 Å². The number of hydrogen-bond acceptors (Lipinski definition) is 5. The van der Waals surface area contributed by atoms with E-state index in [9.17, 15) is 19.7 Å². The predicted octanol–water partition coefficient (Wildman–Crippen LogP) is 1.15. The van der Waals surface area contributed by atoms with Crippen LogP contribution in [0.15, 0.2) is 18.2 Å². The van der Waals surface area contributed by atoms with E-state index in [0.717, 1.165) is 0 Å². The van der Waals surface area contributed by atoms with Crippen LogP contribution in [0.4, 0.5) is 5.69 Å². The Morgan fingerprint density at radius 3 is 2.67 bits per heavy atom. The summed E-state index contributed by atoms with van der Waals surface area (Å²) in [4.78, 5) is 34.4. The van der Waals surface area contributed by atoms with Crippen molar-refractivity contribution in [2.24, 2.45) is 5.92 Å². The minimum Gasteiger partial charge on any atom is -0.496 e. The van der Waals surface area contributed by atoms with E-state index >= 15 is 0 Å². The lowest BCUT2D eigenvalue weighted by Gasteiger charge is -2.38. The van der Waals surface area contributed by atoms with Crippen LogP contribution in [-0.2, 0) is 4.79 Å². The van der Waals surface area contributed by atoms with Gasteiger partial charge in [-0.05, 0) is 6.07 Å². The first-order valence-corrected chi connectivity index (χ1v) is 6.26. The van der Waals surface area contributed by atoms with E-state index in [2.05, 4.69) is 0 Å². The molecule has 1 saturated heterocycles. The molecule has 1 heterocycles. The van der Waals surface area contributed by atoms with E-state index in [0.29, 0.717) is 13.1 Å². The summed E-state index contributed by atoms with van der Waals surface area (Å²) in [5.41, 5.74) is 0.0765. The molecule has 1 aliphatic rings. The highest BCUT2D eigenvalue weighted by molar-refractivity contribution is 5.97. The Balaban J connectivity index is 2.10. The lowest BCUT2D eigenvalue weighted by atomic mass is 9.95. The molecule has 0 radical (unpaired) electrons. The van der Waals surface area contributed by atoms with E-state index in [4.69, 9.17) is 9.84 Å². The van der Waals surface area contributed by atoms with Crippen LogP contribution in [0, 0.1) is 16.0 Å². The van der Waals surface area contributed by atoms with Crippen LogP contribution in [0.5, 0.6) is 5.75 Å². The van der Waals surface area contributed by atoms with Gasteiger partial charge in [0, 0.05) is 25.1 Å². The van der Waals surface area contributed by atoms with Crippen LogP contribution in [0.25, 0.3) is 0 Å². The summed E-state index contributed by atoms with van der Waals surface area (Å²) in [5.74, 6) is -1.12. The Hall–Kier alpha value is -2.64. The highest BCUT2D eigenvalue weighted by Gasteiger charge is 2.33. The molecule has 1 aliphatic heterocycles. The molecule has 0 unspecified atom stereocenters. The van der Waals surface area contributed by atoms with Crippen molar-refractivity contribution in [3.8, 4) is 5.75 Å². The standard InChI is InChI=1S/C13H14N2O6/c1-21-11-5-9(15(19)20)2-3-10(11)13(18)14-6-8(7-14)4-12(16)17/h2-3,5,8H,4,6-7H2,1H3,(H,16,17). The fourth-order valence-electron chi connectivity index (χ4n) is 2.25. The Bertz CT molecular complexity index is 594. The zero-order valence-corrected chi connectivity index (χ0v) is 11.3. The molecule has 2 rings (SSSR count). The Morgan fingerprint density at radius 1 is 1.48 bits per heavy atom. The molecule has 1 fully saturated rings. The number of carboxylic acid groups (broad SMARTS) is 1. The van der Waals surface area contributed by atoms with Gasteiger partial charge in [-0.3, -0.25) is 19.7 Å². The van der Waals surface area contributed by atoms with E-state index in [-0.39, 0.29) is 35.2 Å². The molecule has 1 aromatic rings. The lowest BCUT2D eigenvalue weighted by Crippen LogP contribution is -2.50. The average Bonchev–Trinajstić information content (AvgIpc) is 2.40. The van der Waals surface area contributed by atoms with Crippen molar-refractivity contribution in [3.63, 3.8) is 0 Å². The van der Waals surface area contributed by atoms with Gasteiger partial charge in [0.2, 0.25) is 0 Å². The number of amides is 1. The first-order chi connectivity index (χ1) is 9.92. The molecule has 0 atom stereocenters. The maximum Gasteiger partial charge on any atom is 0.303 e. The second kappa shape index (κ2) is 5.78. The molecule has 0 aromatic heterocycles. The van der Waals surface area contributed by atoms with Crippen LogP contribution in [-0.4, -0.2) is 47.0 Å². The van der Waals surface area contributed by atoms with Crippen LogP contribution in [0.3, 0.4) is 0 Å². The Kier molecular flexibility index (Phi) is 4.06. The second-order valence-corrected chi connectivity index (χ2v) is 4.82. The number of likely N-dealkylation sites (tertiary alicyclic amines) is 1. The van der Waals surface area contributed by atoms with Crippen molar-refractivity contribution in [2.45, 2.75) is 6.42 Å². The number of nitro benzene ring substituents is 1. The molecule has 0 spiro atoms. The third-order valence-electron chi connectivity index (χ3n) is 3.33. The number of carbonyl (C=O) groups is 2. The summed E-state index contributed by atoms with van der Waals surface area (Å²) in [5, 5.41) is 19.4. The number of methoxy groups -OCH3 is 1. The Morgan fingerprint density at radius 2 is 2.14 bits per heavy atom. The molecule has 1 N–H and O–H groups in total.